The third-order valence-corrected chi connectivity index (χ3v) is 10.7. The third-order valence-electron chi connectivity index (χ3n) is 8.72. The molecule has 0 bridgehead atoms. The molecule has 6 rings (SSSR count). The summed E-state index contributed by atoms with van der Waals surface area (Å²) < 4.78 is 19.3. The maximum absolute atomic E-state index is 14.3. The number of carbonyl (C=O) groups is 4. The molecule has 2 aliphatic heterocycles. The largest absolute Gasteiger partial charge is 0.503 e. The Morgan fingerprint density at radius 1 is 1.05 bits per heavy atom. The molecule has 0 radical (unpaired) electrons. The molecule has 1 saturated carbocycles. The highest BCUT2D eigenvalue weighted by Gasteiger charge is 2.76. The van der Waals surface area contributed by atoms with Crippen LogP contribution in [0.2, 0.25) is 0 Å². The van der Waals surface area contributed by atoms with E-state index in [9.17, 15) is 28.7 Å². The molecule has 2 aromatic carbocycles. The first kappa shape index (κ1) is 27.2. The average Bonchev–Trinajstić information content (AvgIpc) is 3.24. The van der Waals surface area contributed by atoms with E-state index < -0.39 is 51.1 Å². The van der Waals surface area contributed by atoms with Gasteiger partial charge in [-0.15, -0.1) is 23.2 Å². The molecule has 2 saturated heterocycles. The number of likely N-dealkylation sites (tertiary alicyclic amines) is 1. The van der Waals surface area contributed by atoms with Gasteiger partial charge < -0.3 is 9.84 Å². The minimum Gasteiger partial charge on any atom is -0.503 e. The highest BCUT2D eigenvalue weighted by Crippen LogP contribution is 2.66. The van der Waals surface area contributed by atoms with Crippen molar-refractivity contribution < 1.29 is 33.4 Å². The van der Waals surface area contributed by atoms with Gasteiger partial charge in [-0.3, -0.25) is 24.1 Å². The number of ether oxygens (including phenoxy) is 1. The van der Waals surface area contributed by atoms with Crippen molar-refractivity contribution in [3.63, 3.8) is 0 Å². The molecule has 0 aromatic heterocycles. The normalized spacial score (nSPS) is 33.1. The number of aromatic hydroxyl groups is 1. The van der Waals surface area contributed by atoms with Crippen LogP contribution in [0.3, 0.4) is 0 Å². The van der Waals surface area contributed by atoms with Crippen molar-refractivity contribution in [2.75, 3.05) is 19.1 Å². The molecule has 2 aromatic rings. The summed E-state index contributed by atoms with van der Waals surface area (Å²) in [4.78, 5) is 52.5. The zero-order chi connectivity index (χ0) is 28.9. The molecule has 12 heteroatoms. The number of benzene rings is 2. The topological polar surface area (TPSA) is 104 Å². The van der Waals surface area contributed by atoms with Gasteiger partial charge in [0.1, 0.15) is 5.82 Å². The summed E-state index contributed by atoms with van der Waals surface area (Å²) in [6, 6.07) is 7.87. The first-order chi connectivity index (χ1) is 18.9. The van der Waals surface area contributed by atoms with Crippen molar-refractivity contribution in [3.05, 3.63) is 63.9 Å². The smallest absolute Gasteiger partial charge is 0.258 e. The second kappa shape index (κ2) is 9.03. The number of anilines is 1. The zero-order valence-electron chi connectivity index (χ0n) is 21.2. The lowest BCUT2D eigenvalue weighted by atomic mass is 9.56. The Balaban J connectivity index is 1.60. The van der Waals surface area contributed by atoms with Gasteiger partial charge in [0, 0.05) is 13.0 Å². The quantitative estimate of drug-likeness (QED) is 0.298. The summed E-state index contributed by atoms with van der Waals surface area (Å²) in [6.45, 7) is 0. The molecule has 3 fully saturated rings. The number of allylic oxidation sites excluding steroid dienone is 2. The van der Waals surface area contributed by atoms with Crippen molar-refractivity contribution >= 4 is 68.4 Å². The van der Waals surface area contributed by atoms with Gasteiger partial charge in [-0.05, 0) is 76.7 Å². The van der Waals surface area contributed by atoms with Gasteiger partial charge in [-0.1, -0.05) is 11.6 Å². The molecule has 40 heavy (non-hydrogen) atoms. The fourth-order valence-corrected chi connectivity index (χ4v) is 8.24. The average molecular weight is 652 g/mol. The second-order valence-electron chi connectivity index (χ2n) is 10.5. The van der Waals surface area contributed by atoms with Crippen LogP contribution in [-0.4, -0.2) is 57.5 Å². The number of fused-ring (bicyclic) bond motifs is 4. The summed E-state index contributed by atoms with van der Waals surface area (Å²) in [5.74, 6) is -6.12. The highest BCUT2D eigenvalue weighted by atomic mass is 79.9. The predicted molar refractivity (Wildman–Crippen MR) is 147 cm³/mol. The second-order valence-corrected chi connectivity index (χ2v) is 12.6. The van der Waals surface area contributed by atoms with Crippen LogP contribution in [0.4, 0.5) is 10.1 Å². The molecule has 2 aliphatic carbocycles. The molecule has 0 spiro atoms. The molecule has 6 atom stereocenters. The van der Waals surface area contributed by atoms with Crippen LogP contribution >= 0.6 is 39.1 Å². The van der Waals surface area contributed by atoms with Gasteiger partial charge in [-0.2, -0.15) is 0 Å². The lowest BCUT2D eigenvalue weighted by molar-refractivity contribution is -0.138. The first-order valence-corrected chi connectivity index (χ1v) is 14.0. The Morgan fingerprint density at radius 2 is 1.73 bits per heavy atom. The van der Waals surface area contributed by atoms with Gasteiger partial charge in [0.05, 0.1) is 29.1 Å². The fraction of sp³-hybridized carbons (Fsp3) is 0.357. The standard InChI is InChI=1S/C28H22BrCl2FN2O6/c1-33-23(36)16-8-7-15-17(20(16)24(33)37)11-27(30)25(38)34(14-5-3-13(32)4-6-14)26(39)28(27,31)21(15)12-9-18(29)22(35)19(10-12)40-2/h3-7,9-10,16-17,20-21,35H,8,11H2,1-2H3. The minimum atomic E-state index is -2.08. The Kier molecular flexibility index (Phi) is 6.14. The van der Waals surface area contributed by atoms with Gasteiger partial charge in [0.2, 0.25) is 11.8 Å². The van der Waals surface area contributed by atoms with Crippen LogP contribution in [0.1, 0.15) is 24.3 Å². The summed E-state index contributed by atoms with van der Waals surface area (Å²) in [6.07, 6.45) is 1.88. The zero-order valence-corrected chi connectivity index (χ0v) is 24.3. The molecule has 2 heterocycles. The number of halogens is 4. The molecule has 4 amide bonds. The van der Waals surface area contributed by atoms with Crippen LogP contribution in [0, 0.1) is 23.6 Å². The van der Waals surface area contributed by atoms with E-state index in [1.807, 2.05) is 6.08 Å². The Morgan fingerprint density at radius 3 is 2.38 bits per heavy atom. The number of phenols is 1. The number of hydrogen-bond acceptors (Lipinski definition) is 6. The SMILES string of the molecule is COc1cc(C2C3=CCC4C(=O)N(C)C(=O)C4C3CC3(Cl)C(=O)N(c4ccc(F)cc4)C(=O)C23Cl)cc(Br)c1O. The lowest BCUT2D eigenvalue weighted by Gasteiger charge is -2.50. The highest BCUT2D eigenvalue weighted by molar-refractivity contribution is 9.10. The van der Waals surface area contributed by atoms with Crippen molar-refractivity contribution in [3.8, 4) is 11.5 Å². The number of rotatable bonds is 3. The van der Waals surface area contributed by atoms with Crippen LogP contribution in [-0.2, 0) is 19.2 Å². The van der Waals surface area contributed by atoms with Gasteiger partial charge in [-0.25, -0.2) is 9.29 Å². The van der Waals surface area contributed by atoms with Gasteiger partial charge >= 0.3 is 0 Å². The fourth-order valence-electron chi connectivity index (χ4n) is 6.85. The monoisotopic (exact) mass is 650 g/mol. The Hall–Kier alpha value is -2.95. The molecule has 4 aliphatic rings. The maximum Gasteiger partial charge on any atom is 0.258 e. The van der Waals surface area contributed by atoms with E-state index in [1.54, 1.807) is 6.07 Å². The predicted octanol–water partition coefficient (Wildman–Crippen LogP) is 4.50. The summed E-state index contributed by atoms with van der Waals surface area (Å²) in [7, 11) is 2.79. The van der Waals surface area contributed by atoms with Crippen LogP contribution in [0.25, 0.3) is 0 Å². The summed E-state index contributed by atoms with van der Waals surface area (Å²) in [5, 5.41) is 10.5. The van der Waals surface area contributed by atoms with Crippen LogP contribution in [0.5, 0.6) is 11.5 Å². The maximum atomic E-state index is 14.3. The molecular formula is C28H22BrCl2FN2O6. The summed E-state index contributed by atoms with van der Waals surface area (Å²) >= 11 is 17.9. The Bertz CT molecular complexity index is 1550. The first-order valence-electron chi connectivity index (χ1n) is 12.5. The van der Waals surface area contributed by atoms with Crippen molar-refractivity contribution in [1.29, 1.82) is 0 Å². The minimum absolute atomic E-state index is 0.0836. The van der Waals surface area contributed by atoms with Gasteiger partial charge in [0.15, 0.2) is 21.2 Å². The Labute approximate surface area is 246 Å². The van der Waals surface area contributed by atoms with E-state index in [0.717, 1.165) is 21.9 Å². The number of methoxy groups -OCH3 is 1. The van der Waals surface area contributed by atoms with Crippen molar-refractivity contribution in [2.24, 2.45) is 17.8 Å². The number of amides is 4. The van der Waals surface area contributed by atoms with Gasteiger partial charge in [0.25, 0.3) is 11.8 Å². The van der Waals surface area contributed by atoms with E-state index >= 15 is 0 Å². The molecule has 1 N–H and O–H groups in total. The van der Waals surface area contributed by atoms with Crippen molar-refractivity contribution in [1.82, 2.24) is 4.90 Å². The molecule has 6 unspecified atom stereocenters. The molecular weight excluding hydrogens is 630 g/mol. The number of phenolic OH excluding ortho intramolecular Hbond substituents is 1. The van der Waals surface area contributed by atoms with Crippen molar-refractivity contribution in [2.45, 2.75) is 28.5 Å². The number of nitrogens with zero attached hydrogens (tertiary/aromatic N) is 2. The molecule has 8 nitrogen and oxygen atoms in total. The van der Waals surface area contributed by atoms with E-state index in [2.05, 4.69) is 15.9 Å². The number of imide groups is 2. The van der Waals surface area contributed by atoms with E-state index in [0.29, 0.717) is 11.1 Å². The number of hydrogen-bond donors (Lipinski definition) is 1. The molecule has 208 valence electrons. The van der Waals surface area contributed by atoms with E-state index in [1.165, 1.54) is 32.4 Å². The number of carbonyl (C=O) groups excluding carboxylic acids is 4. The lowest BCUT2D eigenvalue weighted by Crippen LogP contribution is -2.60. The third kappa shape index (κ3) is 3.36. The van der Waals surface area contributed by atoms with E-state index in [4.69, 9.17) is 27.9 Å². The van der Waals surface area contributed by atoms with E-state index in [-0.39, 0.29) is 46.3 Å². The van der Waals surface area contributed by atoms with Crippen LogP contribution in [0.15, 0.2) is 52.5 Å². The summed E-state index contributed by atoms with van der Waals surface area (Å²) in [5.41, 5.74) is 1.10. The van der Waals surface area contributed by atoms with Crippen LogP contribution < -0.4 is 9.64 Å². The number of alkyl halides is 2.